The number of aromatic nitrogens is 1. The van der Waals surface area contributed by atoms with Crippen molar-refractivity contribution in [1.29, 1.82) is 0 Å². The number of hydrogen-bond acceptors (Lipinski definition) is 6. The fraction of sp³-hybridized carbons (Fsp3) is 0.389. The third-order valence-corrected chi connectivity index (χ3v) is 4.81. The molecule has 1 N–H and O–H groups in total. The van der Waals surface area contributed by atoms with Gasteiger partial charge in [0.1, 0.15) is 9.84 Å². The lowest BCUT2D eigenvalue weighted by atomic mass is 10.0. The second-order valence-corrected chi connectivity index (χ2v) is 8.36. The summed E-state index contributed by atoms with van der Waals surface area (Å²) < 4.78 is 27.5. The Kier molecular flexibility index (Phi) is 6.31. The van der Waals surface area contributed by atoms with E-state index in [0.717, 1.165) is 11.8 Å². The fourth-order valence-corrected chi connectivity index (χ4v) is 3.01. The fourth-order valence-electron chi connectivity index (χ4n) is 2.54. The van der Waals surface area contributed by atoms with Crippen molar-refractivity contribution in [3.8, 4) is 0 Å². The van der Waals surface area contributed by atoms with Crippen LogP contribution in [0.3, 0.4) is 0 Å². The van der Waals surface area contributed by atoms with Crippen LogP contribution in [-0.2, 0) is 22.7 Å². The first kappa shape index (κ1) is 19.8. The molecule has 2 aromatic rings. The highest BCUT2D eigenvalue weighted by Gasteiger charge is 2.19. The number of Topliss-reactive ketones (excluding diaryl/α,β-unsaturated/α-hetero) is 1. The van der Waals surface area contributed by atoms with Gasteiger partial charge >= 0.3 is 0 Å². The number of ketones is 1. The van der Waals surface area contributed by atoms with Crippen LogP contribution in [0, 0.1) is 0 Å². The summed E-state index contributed by atoms with van der Waals surface area (Å²) in [6, 6.07) is 6.83. The van der Waals surface area contributed by atoms with Crippen molar-refractivity contribution in [3.63, 3.8) is 0 Å². The van der Waals surface area contributed by atoms with Crippen molar-refractivity contribution in [2.24, 2.45) is 0 Å². The van der Waals surface area contributed by atoms with E-state index in [2.05, 4.69) is 10.5 Å². The van der Waals surface area contributed by atoms with Crippen LogP contribution in [-0.4, -0.2) is 43.8 Å². The highest BCUT2D eigenvalue weighted by molar-refractivity contribution is 7.90. The minimum Gasteiger partial charge on any atom is -0.360 e. The number of rotatable bonds is 8. The molecule has 1 aromatic heterocycles. The van der Waals surface area contributed by atoms with Crippen molar-refractivity contribution in [3.05, 3.63) is 52.4 Å². The molecule has 0 aliphatic rings. The Labute approximate surface area is 152 Å². The molecule has 8 heteroatoms. The lowest BCUT2D eigenvalue weighted by Crippen LogP contribution is -2.28. The summed E-state index contributed by atoms with van der Waals surface area (Å²) in [7, 11) is -3.11. The van der Waals surface area contributed by atoms with Gasteiger partial charge in [0.25, 0.3) is 5.91 Å². The van der Waals surface area contributed by atoms with Crippen LogP contribution in [0.15, 0.2) is 28.8 Å². The summed E-state index contributed by atoms with van der Waals surface area (Å²) in [6.07, 6.45) is 2.14. The van der Waals surface area contributed by atoms with Gasteiger partial charge in [-0.2, -0.15) is 0 Å². The van der Waals surface area contributed by atoms with Crippen molar-refractivity contribution in [1.82, 2.24) is 10.5 Å². The number of aryl methyl sites for hydroxylation is 1. The molecule has 0 saturated heterocycles. The minimum atomic E-state index is -3.11. The Bertz CT molecular complexity index is 898. The van der Waals surface area contributed by atoms with Gasteiger partial charge in [0.05, 0.1) is 17.0 Å². The summed E-state index contributed by atoms with van der Waals surface area (Å²) in [5.74, 6) is -0.00662. The molecule has 0 spiro atoms. The lowest BCUT2D eigenvalue weighted by Gasteiger charge is -2.06. The maximum atomic E-state index is 12.0. The van der Waals surface area contributed by atoms with Crippen molar-refractivity contribution in [2.45, 2.75) is 26.7 Å². The normalized spacial score (nSPS) is 11.3. The predicted octanol–water partition coefficient (Wildman–Crippen LogP) is 1.80. The quantitative estimate of drug-likeness (QED) is 0.702. The summed E-state index contributed by atoms with van der Waals surface area (Å²) >= 11 is 0. The molecule has 0 atom stereocenters. The second kappa shape index (κ2) is 8.27. The van der Waals surface area contributed by atoms with Crippen LogP contribution in [0.1, 0.15) is 51.6 Å². The lowest BCUT2D eigenvalue weighted by molar-refractivity contribution is 0.0955. The molecule has 1 amide bonds. The molecule has 0 unspecified atom stereocenters. The molecular weight excluding hydrogens is 356 g/mol. The molecule has 0 bridgehead atoms. The molecule has 0 saturated carbocycles. The summed E-state index contributed by atoms with van der Waals surface area (Å²) in [5, 5.41) is 6.51. The van der Waals surface area contributed by atoms with Gasteiger partial charge in [0, 0.05) is 24.8 Å². The van der Waals surface area contributed by atoms with Crippen LogP contribution in [0.25, 0.3) is 0 Å². The standard InChI is InChI=1S/C18H22N2O5S/c1-4-15-17(12(2)21)16(25-20-15)11-13-5-7-14(8-6-13)18(22)19-9-10-26(3,23)24/h5-8H,4,9-11H2,1-3H3,(H,19,22). The average molecular weight is 378 g/mol. The maximum absolute atomic E-state index is 12.0. The van der Waals surface area contributed by atoms with Gasteiger partial charge in [-0.05, 0) is 31.0 Å². The van der Waals surface area contributed by atoms with E-state index in [4.69, 9.17) is 4.52 Å². The van der Waals surface area contributed by atoms with Crippen LogP contribution in [0.4, 0.5) is 0 Å². The Hall–Kier alpha value is -2.48. The number of sulfone groups is 1. The van der Waals surface area contributed by atoms with Gasteiger partial charge < -0.3 is 9.84 Å². The Morgan fingerprint density at radius 2 is 1.85 bits per heavy atom. The van der Waals surface area contributed by atoms with Gasteiger partial charge in [-0.15, -0.1) is 0 Å². The first-order chi connectivity index (χ1) is 12.2. The zero-order valence-electron chi connectivity index (χ0n) is 15.0. The molecule has 1 aromatic carbocycles. The number of carbonyl (C=O) groups is 2. The molecule has 0 aliphatic carbocycles. The summed E-state index contributed by atoms with van der Waals surface area (Å²) in [4.78, 5) is 23.8. The minimum absolute atomic E-state index is 0.0687. The van der Waals surface area contributed by atoms with Gasteiger partial charge in [-0.3, -0.25) is 9.59 Å². The predicted molar refractivity (Wildman–Crippen MR) is 97.2 cm³/mol. The molecule has 1 heterocycles. The molecule has 140 valence electrons. The Morgan fingerprint density at radius 1 is 1.19 bits per heavy atom. The van der Waals surface area contributed by atoms with E-state index in [1.807, 2.05) is 6.92 Å². The van der Waals surface area contributed by atoms with Crippen molar-refractivity contribution in [2.75, 3.05) is 18.6 Å². The van der Waals surface area contributed by atoms with Gasteiger partial charge in [-0.25, -0.2) is 8.42 Å². The SMILES string of the molecule is CCc1noc(Cc2ccc(C(=O)NCCS(C)(=O)=O)cc2)c1C(C)=O. The van der Waals surface area contributed by atoms with E-state index in [9.17, 15) is 18.0 Å². The van der Waals surface area contributed by atoms with E-state index >= 15 is 0 Å². The van der Waals surface area contributed by atoms with Gasteiger partial charge in [0.15, 0.2) is 11.5 Å². The molecular formula is C18H22N2O5S. The zero-order chi connectivity index (χ0) is 19.3. The summed E-state index contributed by atoms with van der Waals surface area (Å²) in [6.45, 7) is 3.46. The number of nitrogens with one attached hydrogen (secondary N) is 1. The molecule has 26 heavy (non-hydrogen) atoms. The second-order valence-electron chi connectivity index (χ2n) is 6.10. The van der Waals surface area contributed by atoms with Gasteiger partial charge in [-0.1, -0.05) is 24.2 Å². The van der Waals surface area contributed by atoms with Crippen LogP contribution < -0.4 is 5.32 Å². The molecule has 0 fully saturated rings. The molecule has 2 rings (SSSR count). The Morgan fingerprint density at radius 3 is 2.38 bits per heavy atom. The largest absolute Gasteiger partial charge is 0.360 e. The smallest absolute Gasteiger partial charge is 0.251 e. The first-order valence-corrected chi connectivity index (χ1v) is 10.3. The zero-order valence-corrected chi connectivity index (χ0v) is 15.9. The maximum Gasteiger partial charge on any atom is 0.251 e. The van der Waals surface area contributed by atoms with E-state index in [1.54, 1.807) is 24.3 Å². The average Bonchev–Trinajstić information content (AvgIpc) is 2.97. The monoisotopic (exact) mass is 378 g/mol. The molecule has 7 nitrogen and oxygen atoms in total. The van der Waals surface area contributed by atoms with Crippen LogP contribution in [0.2, 0.25) is 0 Å². The van der Waals surface area contributed by atoms with Crippen molar-refractivity contribution >= 4 is 21.5 Å². The third kappa shape index (κ3) is 5.26. The number of nitrogens with zero attached hydrogens (tertiary/aromatic N) is 1. The van der Waals surface area contributed by atoms with E-state index in [1.165, 1.54) is 6.92 Å². The number of benzene rings is 1. The van der Waals surface area contributed by atoms with E-state index in [-0.39, 0.29) is 24.0 Å². The van der Waals surface area contributed by atoms with Crippen LogP contribution >= 0.6 is 0 Å². The third-order valence-electron chi connectivity index (χ3n) is 3.86. The first-order valence-electron chi connectivity index (χ1n) is 8.24. The highest BCUT2D eigenvalue weighted by atomic mass is 32.2. The molecule has 0 radical (unpaired) electrons. The highest BCUT2D eigenvalue weighted by Crippen LogP contribution is 2.19. The van der Waals surface area contributed by atoms with Crippen LogP contribution in [0.5, 0.6) is 0 Å². The van der Waals surface area contributed by atoms with Crippen molar-refractivity contribution < 1.29 is 22.5 Å². The van der Waals surface area contributed by atoms with Gasteiger partial charge in [0.2, 0.25) is 0 Å². The summed E-state index contributed by atoms with van der Waals surface area (Å²) in [5.41, 5.74) is 2.48. The number of amides is 1. The van der Waals surface area contributed by atoms with E-state index < -0.39 is 9.84 Å². The van der Waals surface area contributed by atoms with E-state index in [0.29, 0.717) is 35.4 Å². The molecule has 0 aliphatic heterocycles. The number of carbonyl (C=O) groups excluding carboxylic acids is 2. The number of hydrogen-bond donors (Lipinski definition) is 1. The Balaban J connectivity index is 2.05. The topological polar surface area (TPSA) is 106 Å².